The summed E-state index contributed by atoms with van der Waals surface area (Å²) in [7, 11) is 0.135. The molecular formula is C18H27NOP2. The normalized spacial score (nSPS) is 12.5. The number of benzene rings is 2. The lowest BCUT2D eigenvalue weighted by atomic mass is 10.0. The van der Waals surface area contributed by atoms with Crippen molar-refractivity contribution in [3.63, 3.8) is 0 Å². The molecule has 0 saturated carbocycles. The average Bonchev–Trinajstić information content (AvgIpc) is 2.49. The maximum absolute atomic E-state index is 5.03. The Labute approximate surface area is 136 Å². The molecule has 2 aromatic carbocycles. The molecule has 4 heteroatoms. The summed E-state index contributed by atoms with van der Waals surface area (Å²) in [5.74, 6) is 0. The average molecular weight is 335 g/mol. The van der Waals surface area contributed by atoms with Crippen molar-refractivity contribution >= 4 is 16.7 Å². The summed E-state index contributed by atoms with van der Waals surface area (Å²) < 4.78 is 5.03. The van der Waals surface area contributed by atoms with Gasteiger partial charge in [0.25, 0.3) is 0 Å². The van der Waals surface area contributed by atoms with Gasteiger partial charge in [-0.15, -0.1) is 0 Å². The molecule has 1 N–H and O–H groups in total. The number of hydrogen-bond acceptors (Lipinski definition) is 1. The van der Waals surface area contributed by atoms with E-state index in [9.17, 15) is 0 Å². The lowest BCUT2D eigenvalue weighted by Crippen LogP contribution is -2.09. The van der Waals surface area contributed by atoms with E-state index in [0.717, 1.165) is 0 Å². The molecule has 0 amide bonds. The van der Waals surface area contributed by atoms with Crippen molar-refractivity contribution in [3.8, 4) is 0 Å². The molecule has 0 spiro atoms. The van der Waals surface area contributed by atoms with Crippen molar-refractivity contribution in [3.05, 3.63) is 71.8 Å². The van der Waals surface area contributed by atoms with Gasteiger partial charge in [0, 0.05) is 0 Å². The molecule has 2 aromatic rings. The van der Waals surface area contributed by atoms with Crippen molar-refractivity contribution < 1.29 is 5.48 Å². The standard InChI is InChI=1S/C18H26NP2.H2O/c1-17(2,15-11-7-5-8-12-15)20-19-21-18(3,4)16-13-9-6-10-14-16;/h5-14H,20-21H2,1-4H3;1H2/q+1;/p-1. The van der Waals surface area contributed by atoms with Gasteiger partial charge in [0.15, 0.2) is 0 Å². The van der Waals surface area contributed by atoms with Gasteiger partial charge in [-0.1, -0.05) is 60.7 Å². The number of nitrogens with zero attached hydrogens (tertiary/aromatic N) is 1. The molecular weight excluding hydrogens is 308 g/mol. The molecule has 0 heterocycles. The third-order valence-electron chi connectivity index (χ3n) is 3.83. The van der Waals surface area contributed by atoms with Crippen LogP contribution in [0.4, 0.5) is 0 Å². The number of hydrogen-bond donors (Lipinski definition) is 0. The highest BCUT2D eigenvalue weighted by Crippen LogP contribution is 2.37. The molecule has 0 aliphatic heterocycles. The first-order valence-corrected chi connectivity index (χ1v) is 9.60. The molecule has 0 fully saturated rings. The van der Waals surface area contributed by atoms with E-state index in [2.05, 4.69) is 88.4 Å². The van der Waals surface area contributed by atoms with Crippen LogP contribution in [0.15, 0.2) is 60.7 Å². The molecule has 120 valence electrons. The Morgan fingerprint density at radius 1 is 0.636 bits per heavy atom. The molecule has 0 radical (unpaired) electrons. The molecule has 0 aromatic heterocycles. The van der Waals surface area contributed by atoms with E-state index in [1.165, 1.54) is 11.1 Å². The van der Waals surface area contributed by atoms with Crippen LogP contribution >= 0.6 is 16.7 Å². The van der Waals surface area contributed by atoms with Crippen LogP contribution in [0, 0.1) is 0 Å². The molecule has 0 aliphatic rings. The van der Waals surface area contributed by atoms with Gasteiger partial charge in [-0.05, 0) is 38.8 Å². The topological polar surface area (TPSA) is 44.1 Å². The first-order chi connectivity index (χ1) is 9.92. The first-order valence-electron chi connectivity index (χ1n) is 7.42. The quantitative estimate of drug-likeness (QED) is 0.577. The van der Waals surface area contributed by atoms with Crippen LogP contribution in [0.5, 0.6) is 0 Å². The highest BCUT2D eigenvalue weighted by atomic mass is 31.1. The van der Waals surface area contributed by atoms with Crippen LogP contribution in [-0.4, -0.2) is 5.48 Å². The van der Waals surface area contributed by atoms with E-state index in [4.69, 9.17) is 4.17 Å². The summed E-state index contributed by atoms with van der Waals surface area (Å²) in [6.07, 6.45) is 0. The summed E-state index contributed by atoms with van der Waals surface area (Å²) in [4.78, 5) is 0. The van der Waals surface area contributed by atoms with Crippen LogP contribution in [0.25, 0.3) is 0 Å². The Kier molecular flexibility index (Phi) is 6.92. The van der Waals surface area contributed by atoms with Crippen LogP contribution < -0.4 is 4.17 Å². The van der Waals surface area contributed by atoms with Crippen LogP contribution in [-0.2, 0) is 10.3 Å². The third-order valence-corrected chi connectivity index (χ3v) is 6.98. The maximum Gasteiger partial charge on any atom is 0.204 e. The Bertz CT molecular complexity index is 590. The van der Waals surface area contributed by atoms with E-state index in [-0.39, 0.29) is 32.5 Å². The molecule has 0 aliphatic carbocycles. The van der Waals surface area contributed by atoms with Gasteiger partial charge in [0.2, 0.25) is 16.7 Å². The van der Waals surface area contributed by atoms with Crippen molar-refractivity contribution in [2.45, 2.75) is 38.0 Å². The minimum atomic E-state index is 0. The summed E-state index contributed by atoms with van der Waals surface area (Å²) in [5.41, 5.74) is 2.81. The van der Waals surface area contributed by atoms with Gasteiger partial charge in [0.1, 0.15) is 0 Å². The minimum Gasteiger partial charge on any atom is -0.870 e. The van der Waals surface area contributed by atoms with Crippen LogP contribution in [0.1, 0.15) is 38.8 Å². The van der Waals surface area contributed by atoms with Gasteiger partial charge < -0.3 is 5.48 Å². The van der Waals surface area contributed by atoms with E-state index in [1.807, 2.05) is 0 Å². The highest BCUT2D eigenvalue weighted by molar-refractivity contribution is 7.36. The lowest BCUT2D eigenvalue weighted by Gasteiger charge is -2.16. The Morgan fingerprint density at radius 3 is 1.27 bits per heavy atom. The van der Waals surface area contributed by atoms with Crippen LogP contribution in [0.3, 0.4) is 0 Å². The third kappa shape index (κ3) is 5.01. The van der Waals surface area contributed by atoms with Gasteiger partial charge in [-0.3, -0.25) is 0 Å². The minimum absolute atomic E-state index is 0. The monoisotopic (exact) mass is 335 g/mol. The van der Waals surface area contributed by atoms with Gasteiger partial charge in [-0.25, -0.2) is 0 Å². The largest absolute Gasteiger partial charge is 0.870 e. The van der Waals surface area contributed by atoms with Gasteiger partial charge in [-0.2, -0.15) is 4.17 Å². The fourth-order valence-corrected chi connectivity index (χ4v) is 6.26. The van der Waals surface area contributed by atoms with E-state index in [1.54, 1.807) is 0 Å². The summed E-state index contributed by atoms with van der Waals surface area (Å²) in [6.45, 7) is 9.26. The Balaban J connectivity index is 0.00000242. The van der Waals surface area contributed by atoms with Crippen molar-refractivity contribution in [2.24, 2.45) is 0 Å². The van der Waals surface area contributed by atoms with Crippen molar-refractivity contribution in [2.75, 3.05) is 0 Å². The summed E-state index contributed by atoms with van der Waals surface area (Å²) in [6, 6.07) is 21.5. The van der Waals surface area contributed by atoms with E-state index in [0.29, 0.717) is 0 Å². The predicted octanol–water partition coefficient (Wildman–Crippen LogP) is 4.94. The van der Waals surface area contributed by atoms with Crippen molar-refractivity contribution in [1.29, 1.82) is 0 Å². The molecule has 22 heavy (non-hydrogen) atoms. The first kappa shape index (κ1) is 19.0. The molecule has 0 saturated heterocycles. The molecule has 2 atom stereocenters. The van der Waals surface area contributed by atoms with E-state index < -0.39 is 0 Å². The fraction of sp³-hybridized carbons (Fsp3) is 0.333. The molecule has 0 bridgehead atoms. The molecule has 2 unspecified atom stereocenters. The highest BCUT2D eigenvalue weighted by Gasteiger charge is 2.23. The maximum atomic E-state index is 5.03. The lowest BCUT2D eigenvalue weighted by molar-refractivity contribution is 0.772. The summed E-state index contributed by atoms with van der Waals surface area (Å²) >= 11 is 0. The Hall–Kier alpha value is -1.03. The molecule has 2 nitrogen and oxygen atoms in total. The zero-order chi connectivity index (χ0) is 15.3. The smallest absolute Gasteiger partial charge is 0.204 e. The second-order valence-corrected chi connectivity index (χ2v) is 11.2. The fourth-order valence-electron chi connectivity index (χ4n) is 2.29. The number of rotatable bonds is 4. The zero-order valence-corrected chi connectivity index (χ0v) is 16.1. The second kappa shape index (κ2) is 8.00. The Morgan fingerprint density at radius 2 is 0.955 bits per heavy atom. The van der Waals surface area contributed by atoms with Gasteiger partial charge in [0.05, 0.1) is 10.3 Å². The molecule has 2 rings (SSSR count). The second-order valence-electron chi connectivity index (χ2n) is 6.58. The van der Waals surface area contributed by atoms with Crippen LogP contribution in [0.2, 0.25) is 0 Å². The SMILES string of the molecule is CC(C)([PH2]=[N+]=[PH2]C(C)(C)c1ccccc1)c1ccccc1.[OH-]. The van der Waals surface area contributed by atoms with Gasteiger partial charge >= 0.3 is 0 Å². The zero-order valence-electron chi connectivity index (χ0n) is 13.8. The predicted molar refractivity (Wildman–Crippen MR) is 102 cm³/mol. The summed E-state index contributed by atoms with van der Waals surface area (Å²) in [5, 5.41) is 0.391. The van der Waals surface area contributed by atoms with E-state index >= 15 is 0 Å². The van der Waals surface area contributed by atoms with Crippen molar-refractivity contribution in [1.82, 2.24) is 4.17 Å².